The molecule has 0 aromatic heterocycles. The van der Waals surface area contributed by atoms with E-state index < -0.39 is 5.97 Å². The van der Waals surface area contributed by atoms with Crippen molar-refractivity contribution in [2.45, 2.75) is 18.7 Å². The first-order valence-corrected chi connectivity index (χ1v) is 6.15. The Bertz CT molecular complexity index is 429. The van der Waals surface area contributed by atoms with Gasteiger partial charge in [0.2, 0.25) is 0 Å². The zero-order valence-electron chi connectivity index (χ0n) is 9.73. The Hall–Kier alpha value is -1.49. The molecule has 0 atom stereocenters. The van der Waals surface area contributed by atoms with E-state index in [-0.39, 0.29) is 17.3 Å². The van der Waals surface area contributed by atoms with E-state index in [1.165, 1.54) is 11.8 Å². The van der Waals surface area contributed by atoms with Crippen LogP contribution in [0.15, 0.2) is 23.1 Å². The maximum Gasteiger partial charge on any atom is 0.336 e. The highest BCUT2D eigenvalue weighted by atomic mass is 32.2. The van der Waals surface area contributed by atoms with E-state index in [1.54, 1.807) is 25.1 Å². The first-order chi connectivity index (χ1) is 8.04. The topological polar surface area (TPSA) is 63.6 Å². The molecule has 0 saturated heterocycles. The molecule has 0 heterocycles. The molecule has 1 aromatic carbocycles. The lowest BCUT2D eigenvalue weighted by Crippen LogP contribution is -2.07. The Morgan fingerprint density at radius 2 is 2.12 bits per heavy atom. The van der Waals surface area contributed by atoms with Gasteiger partial charge in [-0.25, -0.2) is 4.79 Å². The number of benzene rings is 1. The molecule has 0 spiro atoms. The first-order valence-electron chi connectivity index (χ1n) is 5.17. The predicted molar refractivity (Wildman–Crippen MR) is 65.5 cm³/mol. The van der Waals surface area contributed by atoms with Crippen LogP contribution in [0.1, 0.15) is 22.8 Å². The summed E-state index contributed by atoms with van der Waals surface area (Å²) in [5.74, 6) is -1.20. The van der Waals surface area contributed by atoms with Crippen LogP contribution in [0.3, 0.4) is 0 Å². The van der Waals surface area contributed by atoms with Gasteiger partial charge in [-0.2, -0.15) is 0 Å². The molecule has 1 N–H and O–H groups in total. The van der Waals surface area contributed by atoms with Crippen molar-refractivity contribution < 1.29 is 19.4 Å². The molecule has 0 fully saturated rings. The van der Waals surface area contributed by atoms with E-state index in [4.69, 9.17) is 9.84 Å². The number of aromatic carboxylic acids is 1. The maximum atomic E-state index is 11.2. The summed E-state index contributed by atoms with van der Waals surface area (Å²) in [6.45, 7) is 3.94. The number of esters is 1. The van der Waals surface area contributed by atoms with Crippen LogP contribution in [-0.2, 0) is 9.53 Å². The lowest BCUT2D eigenvalue weighted by atomic mass is 10.1. The second-order valence-electron chi connectivity index (χ2n) is 3.40. The van der Waals surface area contributed by atoms with Gasteiger partial charge in [0.05, 0.1) is 17.9 Å². The van der Waals surface area contributed by atoms with E-state index in [1.807, 2.05) is 6.92 Å². The number of carboxylic acid groups (broad SMARTS) is 1. The second kappa shape index (κ2) is 6.30. The van der Waals surface area contributed by atoms with E-state index in [0.29, 0.717) is 11.5 Å². The zero-order valence-corrected chi connectivity index (χ0v) is 10.5. The Morgan fingerprint density at radius 3 is 2.71 bits per heavy atom. The quantitative estimate of drug-likeness (QED) is 0.645. The monoisotopic (exact) mass is 254 g/mol. The van der Waals surface area contributed by atoms with Gasteiger partial charge in [-0.05, 0) is 31.5 Å². The maximum absolute atomic E-state index is 11.2. The SMILES string of the molecule is CCOC(=O)CSc1cc(C)ccc1C(=O)O. The molecule has 17 heavy (non-hydrogen) atoms. The minimum atomic E-state index is -0.989. The van der Waals surface area contributed by atoms with Crippen molar-refractivity contribution in [1.29, 1.82) is 0 Å². The Labute approximate surface area is 104 Å². The van der Waals surface area contributed by atoms with Gasteiger partial charge in [-0.3, -0.25) is 4.79 Å². The molecule has 0 radical (unpaired) electrons. The molecule has 4 nitrogen and oxygen atoms in total. The molecule has 0 bridgehead atoms. The third-order valence-electron chi connectivity index (χ3n) is 2.02. The van der Waals surface area contributed by atoms with Crippen molar-refractivity contribution in [3.05, 3.63) is 29.3 Å². The van der Waals surface area contributed by atoms with Crippen LogP contribution in [0.4, 0.5) is 0 Å². The van der Waals surface area contributed by atoms with Gasteiger partial charge in [0, 0.05) is 4.90 Å². The van der Waals surface area contributed by atoms with Gasteiger partial charge in [-0.15, -0.1) is 11.8 Å². The number of carbonyl (C=O) groups is 2. The summed E-state index contributed by atoms with van der Waals surface area (Å²) >= 11 is 1.18. The molecular formula is C12H14O4S. The zero-order chi connectivity index (χ0) is 12.8. The minimum absolute atomic E-state index is 0.123. The van der Waals surface area contributed by atoms with E-state index in [2.05, 4.69) is 0 Å². The van der Waals surface area contributed by atoms with Crippen LogP contribution in [0.2, 0.25) is 0 Å². The van der Waals surface area contributed by atoms with Crippen molar-refractivity contribution in [1.82, 2.24) is 0 Å². The van der Waals surface area contributed by atoms with Crippen molar-refractivity contribution in [2.75, 3.05) is 12.4 Å². The van der Waals surface area contributed by atoms with Gasteiger partial charge < -0.3 is 9.84 Å². The summed E-state index contributed by atoms with van der Waals surface area (Å²) in [6.07, 6.45) is 0. The van der Waals surface area contributed by atoms with Gasteiger partial charge in [0.1, 0.15) is 0 Å². The number of carbonyl (C=O) groups excluding carboxylic acids is 1. The lowest BCUT2D eigenvalue weighted by molar-refractivity contribution is -0.139. The van der Waals surface area contributed by atoms with E-state index in [9.17, 15) is 9.59 Å². The van der Waals surface area contributed by atoms with Gasteiger partial charge in [0.15, 0.2) is 0 Å². The molecule has 0 aliphatic carbocycles. The largest absolute Gasteiger partial charge is 0.478 e. The third kappa shape index (κ3) is 4.11. The Balaban J connectivity index is 2.78. The number of ether oxygens (including phenoxy) is 1. The Morgan fingerprint density at radius 1 is 1.41 bits per heavy atom. The molecule has 0 aliphatic rings. The van der Waals surface area contributed by atoms with Crippen molar-refractivity contribution in [3.63, 3.8) is 0 Å². The first kappa shape index (κ1) is 13.6. The third-order valence-corrected chi connectivity index (χ3v) is 3.05. The van der Waals surface area contributed by atoms with Crippen LogP contribution in [0.25, 0.3) is 0 Å². The minimum Gasteiger partial charge on any atom is -0.478 e. The molecule has 92 valence electrons. The average Bonchev–Trinajstić information content (AvgIpc) is 2.26. The summed E-state index contributed by atoms with van der Waals surface area (Å²) in [5.41, 5.74) is 1.17. The van der Waals surface area contributed by atoms with Crippen molar-refractivity contribution in [2.24, 2.45) is 0 Å². The normalized spacial score (nSPS) is 10.0. The highest BCUT2D eigenvalue weighted by Gasteiger charge is 2.12. The molecule has 5 heteroatoms. The number of thioether (sulfide) groups is 1. The number of carboxylic acids is 1. The number of rotatable bonds is 5. The van der Waals surface area contributed by atoms with Gasteiger partial charge in [-0.1, -0.05) is 6.07 Å². The fraction of sp³-hybridized carbons (Fsp3) is 0.333. The number of hydrogen-bond donors (Lipinski definition) is 1. The molecule has 0 amide bonds. The van der Waals surface area contributed by atoms with Crippen molar-refractivity contribution >= 4 is 23.7 Å². The summed E-state index contributed by atoms with van der Waals surface area (Å²) < 4.78 is 4.79. The van der Waals surface area contributed by atoms with Crippen LogP contribution >= 0.6 is 11.8 Å². The average molecular weight is 254 g/mol. The highest BCUT2D eigenvalue weighted by molar-refractivity contribution is 8.00. The Kier molecular flexibility index (Phi) is 5.03. The van der Waals surface area contributed by atoms with Gasteiger partial charge in [0.25, 0.3) is 0 Å². The fourth-order valence-electron chi connectivity index (χ4n) is 1.26. The number of aryl methyl sites for hydroxylation is 1. The smallest absolute Gasteiger partial charge is 0.336 e. The van der Waals surface area contributed by atoms with Crippen LogP contribution in [0, 0.1) is 6.92 Å². The fourth-order valence-corrected chi connectivity index (χ4v) is 2.20. The van der Waals surface area contributed by atoms with Crippen LogP contribution in [-0.4, -0.2) is 29.4 Å². The van der Waals surface area contributed by atoms with E-state index in [0.717, 1.165) is 5.56 Å². The number of hydrogen-bond acceptors (Lipinski definition) is 4. The molecule has 1 aromatic rings. The summed E-state index contributed by atoms with van der Waals surface area (Å²) in [7, 11) is 0. The van der Waals surface area contributed by atoms with Crippen LogP contribution in [0.5, 0.6) is 0 Å². The lowest BCUT2D eigenvalue weighted by Gasteiger charge is -2.06. The van der Waals surface area contributed by atoms with E-state index >= 15 is 0 Å². The molecule has 0 unspecified atom stereocenters. The summed E-state index contributed by atoms with van der Waals surface area (Å²) in [5, 5.41) is 9.00. The molecule has 0 aliphatic heterocycles. The molecular weight excluding hydrogens is 240 g/mol. The molecule has 0 saturated carbocycles. The van der Waals surface area contributed by atoms with Gasteiger partial charge >= 0.3 is 11.9 Å². The van der Waals surface area contributed by atoms with Crippen LogP contribution < -0.4 is 0 Å². The molecule has 1 rings (SSSR count). The summed E-state index contributed by atoms with van der Waals surface area (Å²) in [4.78, 5) is 22.8. The highest BCUT2D eigenvalue weighted by Crippen LogP contribution is 2.24. The standard InChI is InChI=1S/C12H14O4S/c1-3-16-11(13)7-17-10-6-8(2)4-5-9(10)12(14)15/h4-6H,3,7H2,1-2H3,(H,14,15). The summed E-state index contributed by atoms with van der Waals surface area (Å²) in [6, 6.07) is 5.04. The predicted octanol–water partition coefficient (Wildman–Crippen LogP) is 2.35. The van der Waals surface area contributed by atoms with Crippen molar-refractivity contribution in [3.8, 4) is 0 Å². The second-order valence-corrected chi connectivity index (χ2v) is 4.42.